The molecule has 2 amide bonds. The Labute approximate surface area is 181 Å². The van der Waals surface area contributed by atoms with Gasteiger partial charge in [0.1, 0.15) is 5.76 Å². The molecule has 1 aliphatic carbocycles. The third kappa shape index (κ3) is 4.43. The molecule has 6 heteroatoms. The molecule has 2 N–H and O–H groups in total. The summed E-state index contributed by atoms with van der Waals surface area (Å²) in [6.07, 6.45) is 2.31. The van der Waals surface area contributed by atoms with E-state index in [1.807, 2.05) is 62.4 Å². The Balaban J connectivity index is 1.52. The monoisotopic (exact) mass is 415 g/mol. The van der Waals surface area contributed by atoms with Crippen molar-refractivity contribution in [2.75, 3.05) is 0 Å². The van der Waals surface area contributed by atoms with Crippen LogP contribution in [0.1, 0.15) is 61.8 Å². The van der Waals surface area contributed by atoms with Crippen LogP contribution in [0.5, 0.6) is 0 Å². The predicted molar refractivity (Wildman–Crippen MR) is 119 cm³/mol. The number of hydrazone groups is 1. The van der Waals surface area contributed by atoms with E-state index in [2.05, 4.69) is 15.8 Å². The van der Waals surface area contributed by atoms with Crippen molar-refractivity contribution in [3.63, 3.8) is 0 Å². The van der Waals surface area contributed by atoms with Crippen LogP contribution in [-0.2, 0) is 13.0 Å². The van der Waals surface area contributed by atoms with E-state index in [4.69, 9.17) is 4.42 Å². The van der Waals surface area contributed by atoms with E-state index in [1.54, 1.807) is 6.07 Å². The van der Waals surface area contributed by atoms with E-state index in [0.717, 1.165) is 46.6 Å². The van der Waals surface area contributed by atoms with Gasteiger partial charge in [-0.25, -0.2) is 5.43 Å². The lowest BCUT2D eigenvalue weighted by Gasteiger charge is -2.13. The fourth-order valence-corrected chi connectivity index (χ4v) is 3.86. The minimum Gasteiger partial charge on any atom is -0.455 e. The molecule has 1 heterocycles. The molecule has 1 aromatic heterocycles. The summed E-state index contributed by atoms with van der Waals surface area (Å²) < 4.78 is 5.92. The molecule has 0 fully saturated rings. The fourth-order valence-electron chi connectivity index (χ4n) is 3.86. The molecular formula is C25H25N3O3. The molecule has 0 radical (unpaired) electrons. The van der Waals surface area contributed by atoms with Gasteiger partial charge in [0, 0.05) is 29.7 Å². The number of benzene rings is 2. The molecule has 3 aromatic rings. The summed E-state index contributed by atoms with van der Waals surface area (Å²) in [7, 11) is 0. The number of nitrogens with one attached hydrogen (secondary N) is 2. The van der Waals surface area contributed by atoms with Gasteiger partial charge in [-0.1, -0.05) is 48.5 Å². The van der Waals surface area contributed by atoms with Crippen LogP contribution in [0.15, 0.2) is 64.1 Å². The SMILES string of the molecule is Cc1ccccc1C(=O)N/N=C1\CCCc2oc(C(=O)NCc3ccccc3)c(C)c21. The molecule has 2 aromatic carbocycles. The zero-order valence-corrected chi connectivity index (χ0v) is 17.7. The van der Waals surface area contributed by atoms with Crippen LogP contribution in [0.3, 0.4) is 0 Å². The number of aryl methyl sites for hydroxylation is 2. The normalized spacial score (nSPS) is 14.2. The van der Waals surface area contributed by atoms with Gasteiger partial charge in [0.2, 0.25) is 0 Å². The summed E-state index contributed by atoms with van der Waals surface area (Å²) in [4.78, 5) is 25.3. The Bertz CT molecular complexity index is 1150. The third-order valence-corrected chi connectivity index (χ3v) is 5.51. The maximum absolute atomic E-state index is 12.7. The number of carbonyl (C=O) groups is 2. The first-order chi connectivity index (χ1) is 15.0. The lowest BCUT2D eigenvalue weighted by Crippen LogP contribution is -2.24. The van der Waals surface area contributed by atoms with Crippen LogP contribution in [0.2, 0.25) is 0 Å². The topological polar surface area (TPSA) is 83.7 Å². The molecule has 31 heavy (non-hydrogen) atoms. The number of fused-ring (bicyclic) bond motifs is 1. The van der Waals surface area contributed by atoms with E-state index in [0.29, 0.717) is 24.3 Å². The Morgan fingerprint density at radius 1 is 0.968 bits per heavy atom. The average molecular weight is 415 g/mol. The predicted octanol–water partition coefficient (Wildman–Crippen LogP) is 4.30. The second-order valence-corrected chi connectivity index (χ2v) is 7.69. The summed E-state index contributed by atoms with van der Waals surface area (Å²) in [6.45, 7) is 4.18. The first-order valence-corrected chi connectivity index (χ1v) is 10.4. The van der Waals surface area contributed by atoms with Gasteiger partial charge in [0.15, 0.2) is 5.76 Å². The number of hydrogen-bond donors (Lipinski definition) is 2. The van der Waals surface area contributed by atoms with Crippen LogP contribution < -0.4 is 10.7 Å². The molecule has 4 rings (SSSR count). The second-order valence-electron chi connectivity index (χ2n) is 7.69. The zero-order valence-electron chi connectivity index (χ0n) is 17.7. The lowest BCUT2D eigenvalue weighted by molar-refractivity contribution is 0.0919. The van der Waals surface area contributed by atoms with Crippen molar-refractivity contribution < 1.29 is 14.0 Å². The van der Waals surface area contributed by atoms with Crippen LogP contribution >= 0.6 is 0 Å². The second kappa shape index (κ2) is 9.00. The Morgan fingerprint density at radius 2 is 1.71 bits per heavy atom. The van der Waals surface area contributed by atoms with Gasteiger partial charge in [0.25, 0.3) is 11.8 Å². The first kappa shape index (κ1) is 20.6. The van der Waals surface area contributed by atoms with Gasteiger partial charge >= 0.3 is 0 Å². The molecule has 158 valence electrons. The van der Waals surface area contributed by atoms with Gasteiger partial charge in [-0.15, -0.1) is 0 Å². The Kier molecular flexibility index (Phi) is 5.98. The van der Waals surface area contributed by atoms with Crippen LogP contribution in [0, 0.1) is 13.8 Å². The standard InChI is InChI=1S/C25H25N3O3/c1-16-9-6-7-12-19(16)24(29)28-27-20-13-8-14-21-22(20)17(2)23(31-21)25(30)26-15-18-10-4-3-5-11-18/h3-7,9-12H,8,13-15H2,1-2H3,(H,26,30)(H,28,29)/b27-20+. The molecule has 0 saturated heterocycles. The van der Waals surface area contributed by atoms with Crippen molar-refractivity contribution >= 4 is 17.5 Å². The number of amides is 2. The van der Waals surface area contributed by atoms with Crippen molar-refractivity contribution in [1.82, 2.24) is 10.7 Å². The van der Waals surface area contributed by atoms with E-state index in [9.17, 15) is 9.59 Å². The number of carbonyl (C=O) groups excluding carboxylic acids is 2. The fraction of sp³-hybridized carbons (Fsp3) is 0.240. The molecule has 0 aliphatic heterocycles. The number of hydrogen-bond acceptors (Lipinski definition) is 4. The summed E-state index contributed by atoms with van der Waals surface area (Å²) >= 11 is 0. The van der Waals surface area contributed by atoms with Gasteiger partial charge in [-0.3, -0.25) is 9.59 Å². The lowest BCUT2D eigenvalue weighted by atomic mass is 9.93. The van der Waals surface area contributed by atoms with Gasteiger partial charge < -0.3 is 9.73 Å². The van der Waals surface area contributed by atoms with Gasteiger partial charge in [-0.05, 0) is 43.9 Å². The maximum Gasteiger partial charge on any atom is 0.287 e. The van der Waals surface area contributed by atoms with Crippen molar-refractivity contribution in [3.05, 3.63) is 93.9 Å². The summed E-state index contributed by atoms with van der Waals surface area (Å²) in [6, 6.07) is 17.1. The number of rotatable bonds is 5. The highest BCUT2D eigenvalue weighted by Gasteiger charge is 2.28. The molecule has 6 nitrogen and oxygen atoms in total. The summed E-state index contributed by atoms with van der Waals surface area (Å²) in [5, 5.41) is 7.31. The van der Waals surface area contributed by atoms with E-state index >= 15 is 0 Å². The summed E-state index contributed by atoms with van der Waals surface area (Å²) in [5.74, 6) is 0.553. The quantitative estimate of drug-likeness (QED) is 0.610. The minimum atomic E-state index is -0.251. The molecule has 0 unspecified atom stereocenters. The number of nitrogens with zero attached hydrogens (tertiary/aromatic N) is 1. The minimum absolute atomic E-state index is 0.250. The number of furan rings is 1. The van der Waals surface area contributed by atoms with Crippen molar-refractivity contribution in [2.45, 2.75) is 39.7 Å². The average Bonchev–Trinajstić information content (AvgIpc) is 3.14. The third-order valence-electron chi connectivity index (χ3n) is 5.51. The first-order valence-electron chi connectivity index (χ1n) is 10.4. The van der Waals surface area contributed by atoms with Gasteiger partial charge in [0.05, 0.1) is 5.71 Å². The van der Waals surface area contributed by atoms with E-state index in [-0.39, 0.29) is 11.8 Å². The van der Waals surface area contributed by atoms with E-state index < -0.39 is 0 Å². The molecule has 1 aliphatic rings. The van der Waals surface area contributed by atoms with E-state index in [1.165, 1.54) is 0 Å². The van der Waals surface area contributed by atoms with Gasteiger partial charge in [-0.2, -0.15) is 5.10 Å². The Morgan fingerprint density at radius 3 is 2.48 bits per heavy atom. The molecule has 0 atom stereocenters. The van der Waals surface area contributed by atoms with Crippen molar-refractivity contribution in [3.8, 4) is 0 Å². The molecule has 0 saturated carbocycles. The highest BCUT2D eigenvalue weighted by Crippen LogP contribution is 2.30. The molecule has 0 spiro atoms. The largest absolute Gasteiger partial charge is 0.455 e. The molecular weight excluding hydrogens is 390 g/mol. The zero-order chi connectivity index (χ0) is 21.8. The highest BCUT2D eigenvalue weighted by atomic mass is 16.4. The van der Waals surface area contributed by atoms with Crippen molar-refractivity contribution in [1.29, 1.82) is 0 Å². The van der Waals surface area contributed by atoms with Crippen LogP contribution in [-0.4, -0.2) is 17.5 Å². The highest BCUT2D eigenvalue weighted by molar-refractivity contribution is 6.07. The van der Waals surface area contributed by atoms with Crippen molar-refractivity contribution in [2.24, 2.45) is 5.10 Å². The smallest absolute Gasteiger partial charge is 0.287 e. The maximum atomic E-state index is 12.7. The van der Waals surface area contributed by atoms with Crippen LogP contribution in [0.25, 0.3) is 0 Å². The Hall–Kier alpha value is -3.67. The molecule has 0 bridgehead atoms. The summed E-state index contributed by atoms with van der Waals surface area (Å²) in [5.41, 5.74) is 7.50. The van der Waals surface area contributed by atoms with Crippen LogP contribution in [0.4, 0.5) is 0 Å².